The second-order valence-corrected chi connectivity index (χ2v) is 6.21. The average Bonchev–Trinajstić information content (AvgIpc) is 2.83. The zero-order chi connectivity index (χ0) is 21.7. The first kappa shape index (κ1) is 27.7. The molecule has 3 rings (SSSR count). The Morgan fingerprint density at radius 2 is 1.16 bits per heavy atom. The van der Waals surface area contributed by atoms with E-state index in [0.717, 1.165) is 30.3 Å². The summed E-state index contributed by atoms with van der Waals surface area (Å²) in [6.45, 7) is 0.393. The highest BCUT2D eigenvalue weighted by Crippen LogP contribution is 2.01. The minimum atomic E-state index is 0. The summed E-state index contributed by atoms with van der Waals surface area (Å²) >= 11 is 0. The maximum Gasteiger partial charge on any atom is 0.142 e. The molecule has 0 heterocycles. The lowest BCUT2D eigenvalue weighted by atomic mass is 10.1. The van der Waals surface area contributed by atoms with Crippen LogP contribution in [0.1, 0.15) is 30.5 Å². The summed E-state index contributed by atoms with van der Waals surface area (Å²) in [7, 11) is 0. The Morgan fingerprint density at radius 3 is 1.61 bits per heavy atom. The Labute approximate surface area is 187 Å². The predicted molar refractivity (Wildman–Crippen MR) is 133 cm³/mol. The minimum Gasteiger partial charge on any atom is -0.396 e. The van der Waals surface area contributed by atoms with Gasteiger partial charge in [0.2, 0.25) is 0 Å². The van der Waals surface area contributed by atoms with Gasteiger partial charge in [0.15, 0.2) is 0 Å². The molecule has 3 heteroatoms. The van der Waals surface area contributed by atoms with E-state index in [4.69, 9.17) is 10.2 Å². The maximum atomic E-state index is 9.89. The van der Waals surface area contributed by atoms with Gasteiger partial charge >= 0.3 is 0 Å². The molecule has 3 aromatic carbocycles. The van der Waals surface area contributed by atoms with Gasteiger partial charge in [0.05, 0.1) is 6.61 Å². The largest absolute Gasteiger partial charge is 0.396 e. The molecular weight excluding hydrogens is 384 g/mol. The molecule has 3 aromatic rings. The van der Waals surface area contributed by atoms with Crippen LogP contribution in [-0.2, 0) is 11.2 Å². The summed E-state index contributed by atoms with van der Waals surface area (Å²) in [5.74, 6) is 0. The fraction of sp³-hybridized carbons (Fsp3) is 0.179. The Kier molecular flexibility index (Phi) is 17.9. The summed E-state index contributed by atoms with van der Waals surface area (Å²) in [5.41, 5.74) is 3.47. The van der Waals surface area contributed by atoms with Gasteiger partial charge in [0.25, 0.3) is 0 Å². The summed E-state index contributed by atoms with van der Waals surface area (Å²) < 4.78 is 0. The van der Waals surface area contributed by atoms with Gasteiger partial charge < -0.3 is 10.2 Å². The molecule has 0 atom stereocenters. The molecule has 0 aliphatic carbocycles. The van der Waals surface area contributed by atoms with E-state index in [9.17, 15) is 4.79 Å². The highest BCUT2D eigenvalue weighted by atomic mass is 16.3. The number of aryl methyl sites for hydroxylation is 1. The van der Waals surface area contributed by atoms with E-state index in [0.29, 0.717) is 0 Å². The van der Waals surface area contributed by atoms with Crippen molar-refractivity contribution < 1.29 is 15.0 Å². The fourth-order valence-electron chi connectivity index (χ4n) is 2.40. The number of benzene rings is 3. The monoisotopic (exact) mass is 418 g/mol. The van der Waals surface area contributed by atoms with E-state index in [2.05, 4.69) is 12.1 Å². The molecule has 0 aliphatic rings. The Morgan fingerprint density at radius 1 is 0.677 bits per heavy atom. The Hall–Kier alpha value is -3.27. The second kappa shape index (κ2) is 20.0. The van der Waals surface area contributed by atoms with Crippen molar-refractivity contribution in [2.75, 3.05) is 13.2 Å². The molecule has 0 radical (unpaired) electrons. The van der Waals surface area contributed by atoms with E-state index >= 15 is 0 Å². The first-order valence-corrected chi connectivity index (χ1v) is 9.94. The zero-order valence-corrected chi connectivity index (χ0v) is 17.2. The van der Waals surface area contributed by atoms with Crippen LogP contribution in [-0.4, -0.2) is 29.7 Å². The molecule has 0 spiro atoms. The molecule has 31 heavy (non-hydrogen) atoms. The van der Waals surface area contributed by atoms with Crippen LogP contribution in [0, 0.1) is 0 Å². The van der Waals surface area contributed by atoms with Gasteiger partial charge in [-0.3, -0.25) is 4.79 Å². The average molecular weight is 419 g/mol. The molecule has 0 fully saturated rings. The van der Waals surface area contributed by atoms with Crippen molar-refractivity contribution in [3.8, 4) is 0 Å². The van der Waals surface area contributed by atoms with Crippen LogP contribution < -0.4 is 0 Å². The number of allylic oxidation sites excluding steroid dienone is 1. The van der Waals surface area contributed by atoms with Gasteiger partial charge in [0, 0.05) is 6.61 Å². The quantitative estimate of drug-likeness (QED) is 0.374. The standard InChI is InChI=1S/C9H12O.C9H10O.C9H8O.CH4/c3*10-8-4-7-9-5-2-1-3-6-9;/h1-3,5-6,10H,4,7-8H2;1-7,10H,8H2;1-8H;1H4/b;2*7-4+;. The molecule has 0 saturated carbocycles. The molecule has 164 valence electrons. The van der Waals surface area contributed by atoms with Crippen LogP contribution in [0.4, 0.5) is 0 Å². The van der Waals surface area contributed by atoms with E-state index in [-0.39, 0.29) is 20.6 Å². The third-order valence-electron chi connectivity index (χ3n) is 3.85. The summed E-state index contributed by atoms with van der Waals surface area (Å²) in [5, 5.41) is 17.0. The summed E-state index contributed by atoms with van der Waals surface area (Å²) in [6.07, 6.45) is 9.48. The number of aliphatic hydroxyl groups excluding tert-OH is 2. The van der Waals surface area contributed by atoms with E-state index in [1.807, 2.05) is 84.9 Å². The Bertz CT molecular complexity index is 826. The number of aldehydes is 1. The number of carbonyl (C=O) groups excluding carboxylic acids is 1. The smallest absolute Gasteiger partial charge is 0.142 e. The van der Waals surface area contributed by atoms with Gasteiger partial charge in [-0.25, -0.2) is 0 Å². The van der Waals surface area contributed by atoms with Gasteiger partial charge in [-0.15, -0.1) is 0 Å². The maximum absolute atomic E-state index is 9.89. The molecule has 0 unspecified atom stereocenters. The summed E-state index contributed by atoms with van der Waals surface area (Å²) in [4.78, 5) is 9.89. The first-order valence-electron chi connectivity index (χ1n) is 9.94. The normalized spacial score (nSPS) is 9.74. The van der Waals surface area contributed by atoms with Crippen LogP contribution in [0.2, 0.25) is 0 Å². The topological polar surface area (TPSA) is 57.5 Å². The van der Waals surface area contributed by atoms with Crippen molar-refractivity contribution in [2.45, 2.75) is 20.3 Å². The van der Waals surface area contributed by atoms with Crippen molar-refractivity contribution in [1.82, 2.24) is 0 Å². The number of rotatable bonds is 7. The van der Waals surface area contributed by atoms with E-state index in [1.54, 1.807) is 12.2 Å². The SMILES string of the molecule is C.O=C/C=C/c1ccccc1.OC/C=C/c1ccccc1.OCCCc1ccccc1. The number of carbonyl (C=O) groups is 1. The van der Waals surface area contributed by atoms with Crippen molar-refractivity contribution in [3.05, 3.63) is 120 Å². The van der Waals surface area contributed by atoms with Crippen molar-refractivity contribution in [1.29, 1.82) is 0 Å². The second-order valence-electron chi connectivity index (χ2n) is 6.21. The van der Waals surface area contributed by atoms with Gasteiger partial charge in [-0.05, 0) is 35.6 Å². The lowest BCUT2D eigenvalue weighted by Crippen LogP contribution is -1.87. The van der Waals surface area contributed by atoms with Gasteiger partial charge in [-0.1, -0.05) is 117 Å². The van der Waals surface area contributed by atoms with E-state index < -0.39 is 0 Å². The number of aliphatic hydroxyl groups is 2. The summed E-state index contributed by atoms with van der Waals surface area (Å²) in [6, 6.07) is 29.8. The highest BCUT2D eigenvalue weighted by molar-refractivity contribution is 5.73. The molecule has 3 nitrogen and oxygen atoms in total. The first-order chi connectivity index (χ1) is 14.8. The molecular formula is C28H34O3. The van der Waals surface area contributed by atoms with Crippen LogP contribution >= 0.6 is 0 Å². The molecule has 0 saturated heterocycles. The van der Waals surface area contributed by atoms with Crippen LogP contribution in [0.3, 0.4) is 0 Å². The molecule has 2 N–H and O–H groups in total. The highest BCUT2D eigenvalue weighted by Gasteiger charge is 1.88. The van der Waals surface area contributed by atoms with Crippen molar-refractivity contribution >= 4 is 18.4 Å². The minimum absolute atomic E-state index is 0. The van der Waals surface area contributed by atoms with Crippen LogP contribution in [0.5, 0.6) is 0 Å². The zero-order valence-electron chi connectivity index (χ0n) is 17.2. The van der Waals surface area contributed by atoms with Gasteiger partial charge in [-0.2, -0.15) is 0 Å². The molecule has 0 bridgehead atoms. The molecule has 0 aromatic heterocycles. The third kappa shape index (κ3) is 15.3. The molecule has 0 amide bonds. The number of hydrogen-bond donors (Lipinski definition) is 2. The van der Waals surface area contributed by atoms with Crippen LogP contribution in [0.15, 0.2) is 103 Å². The van der Waals surface area contributed by atoms with Crippen molar-refractivity contribution in [2.24, 2.45) is 0 Å². The lowest BCUT2D eigenvalue weighted by Gasteiger charge is -1.96. The predicted octanol–water partition coefficient (Wildman–Crippen LogP) is 5.84. The lowest BCUT2D eigenvalue weighted by molar-refractivity contribution is -0.104. The fourth-order valence-corrected chi connectivity index (χ4v) is 2.40. The number of hydrogen-bond acceptors (Lipinski definition) is 3. The third-order valence-corrected chi connectivity index (χ3v) is 3.85. The van der Waals surface area contributed by atoms with Crippen molar-refractivity contribution in [3.63, 3.8) is 0 Å². The molecule has 0 aliphatic heterocycles. The van der Waals surface area contributed by atoms with Gasteiger partial charge in [0.1, 0.15) is 6.29 Å². The van der Waals surface area contributed by atoms with Crippen LogP contribution in [0.25, 0.3) is 12.2 Å². The van der Waals surface area contributed by atoms with E-state index in [1.165, 1.54) is 11.6 Å². The Balaban J connectivity index is 0.000000429.